The number of hydrogen-bond acceptors (Lipinski definition) is 15. The van der Waals surface area contributed by atoms with Gasteiger partial charge in [0.2, 0.25) is 0 Å². The number of aliphatic hydroxyl groups is 1. The second-order valence-electron chi connectivity index (χ2n) is 31.2. The van der Waals surface area contributed by atoms with Crippen LogP contribution >= 0.6 is 15.6 Å². The summed E-state index contributed by atoms with van der Waals surface area (Å²) in [4.78, 5) is 73.1. The summed E-state index contributed by atoms with van der Waals surface area (Å²) < 4.78 is 68.8. The third-order valence-electron chi connectivity index (χ3n) is 19.4. The monoisotopic (exact) mass is 1480 g/mol. The largest absolute Gasteiger partial charge is 0.472 e. The van der Waals surface area contributed by atoms with Crippen LogP contribution in [-0.2, 0) is 65.4 Å². The van der Waals surface area contributed by atoms with Gasteiger partial charge in [-0.1, -0.05) is 370 Å². The van der Waals surface area contributed by atoms with Crippen LogP contribution in [0.15, 0.2) is 0 Å². The number of phosphoric acid groups is 2. The topological polar surface area (TPSA) is 237 Å². The van der Waals surface area contributed by atoms with Crippen LogP contribution in [0, 0.1) is 23.7 Å². The third-order valence-corrected chi connectivity index (χ3v) is 21.3. The maximum Gasteiger partial charge on any atom is 0.472 e. The number of esters is 4. The zero-order valence-corrected chi connectivity index (χ0v) is 68.3. The van der Waals surface area contributed by atoms with E-state index in [1.165, 1.54) is 225 Å². The van der Waals surface area contributed by atoms with Gasteiger partial charge in [-0.25, -0.2) is 9.13 Å². The molecule has 0 aliphatic rings. The highest BCUT2D eigenvalue weighted by Gasteiger charge is 2.30. The first kappa shape index (κ1) is 99.1. The van der Waals surface area contributed by atoms with E-state index in [1.54, 1.807) is 0 Å². The molecule has 0 aromatic heterocycles. The normalized spacial score (nSPS) is 14.3. The van der Waals surface area contributed by atoms with E-state index in [0.29, 0.717) is 25.7 Å². The minimum Gasteiger partial charge on any atom is -0.462 e. The van der Waals surface area contributed by atoms with E-state index in [4.69, 9.17) is 37.0 Å². The first-order valence-electron chi connectivity index (χ1n) is 42.2. The predicted octanol–water partition coefficient (Wildman–Crippen LogP) is 24.4. The number of carbonyl (C=O) groups is 4. The van der Waals surface area contributed by atoms with Gasteiger partial charge in [0.25, 0.3) is 0 Å². The Morgan fingerprint density at radius 3 is 0.703 bits per heavy atom. The standard InChI is InChI=1S/C82H160O17P2/c1-9-75(8)61-53-45-37-32-33-39-47-55-63-80(85)93-69-78(99-82(87)65-57-49-41-31-25-19-13-16-22-28-36-44-52-60-74(6)7)71-97-101(90,91)95-67-76(83)66-94-100(88,89)96-70-77(68-92-79(84)62-54-46-38-29-23-18-12-15-21-27-35-43-51-59-73(4)5)98-81(86)64-56-48-40-30-24-17-11-10-14-20-26-34-42-50-58-72(2)3/h72-78,83H,9-71H2,1-8H3,(H,88,89)(H,90,91)/t75?,76-,77-,78-/m1/s1. The van der Waals surface area contributed by atoms with Crippen molar-refractivity contribution < 1.29 is 80.2 Å². The summed E-state index contributed by atoms with van der Waals surface area (Å²) >= 11 is 0. The molecular weight excluding hydrogens is 1320 g/mol. The highest BCUT2D eigenvalue weighted by molar-refractivity contribution is 7.47. The number of ether oxygens (including phenoxy) is 4. The maximum atomic E-state index is 13.1. The summed E-state index contributed by atoms with van der Waals surface area (Å²) in [7, 11) is -9.93. The van der Waals surface area contributed by atoms with Gasteiger partial charge in [0, 0.05) is 25.7 Å². The lowest BCUT2D eigenvalue weighted by Crippen LogP contribution is -2.30. The van der Waals surface area contributed by atoms with Crippen LogP contribution in [0.25, 0.3) is 0 Å². The molecule has 0 aliphatic carbocycles. The van der Waals surface area contributed by atoms with Crippen LogP contribution < -0.4 is 0 Å². The van der Waals surface area contributed by atoms with Crippen LogP contribution in [0.4, 0.5) is 0 Å². The van der Waals surface area contributed by atoms with Crippen molar-refractivity contribution in [2.75, 3.05) is 39.6 Å². The van der Waals surface area contributed by atoms with Gasteiger partial charge in [0.05, 0.1) is 26.4 Å². The molecule has 0 rings (SSSR count). The lowest BCUT2D eigenvalue weighted by molar-refractivity contribution is -0.161. The maximum absolute atomic E-state index is 13.1. The molecule has 0 saturated heterocycles. The summed E-state index contributed by atoms with van der Waals surface area (Å²) in [5.41, 5.74) is 0. The van der Waals surface area contributed by atoms with Crippen molar-refractivity contribution in [1.82, 2.24) is 0 Å². The fraction of sp³-hybridized carbons (Fsp3) is 0.951. The van der Waals surface area contributed by atoms with Crippen molar-refractivity contribution in [3.63, 3.8) is 0 Å². The van der Waals surface area contributed by atoms with Gasteiger partial charge in [-0.15, -0.1) is 0 Å². The summed E-state index contributed by atoms with van der Waals surface area (Å²) in [5, 5.41) is 10.7. The van der Waals surface area contributed by atoms with E-state index >= 15 is 0 Å². The molecule has 0 heterocycles. The van der Waals surface area contributed by atoms with E-state index in [-0.39, 0.29) is 25.7 Å². The molecule has 19 heteroatoms. The Morgan fingerprint density at radius 2 is 0.475 bits per heavy atom. The number of aliphatic hydroxyl groups excluding tert-OH is 1. The van der Waals surface area contributed by atoms with Crippen molar-refractivity contribution in [2.45, 2.75) is 440 Å². The molecule has 0 radical (unpaired) electrons. The Labute approximate surface area is 619 Å². The molecule has 0 amide bonds. The van der Waals surface area contributed by atoms with E-state index in [0.717, 1.165) is 114 Å². The molecule has 3 unspecified atom stereocenters. The summed E-state index contributed by atoms with van der Waals surface area (Å²) in [6.45, 7) is 14.3. The van der Waals surface area contributed by atoms with Crippen LogP contribution in [0.5, 0.6) is 0 Å². The van der Waals surface area contributed by atoms with E-state index in [1.807, 2.05) is 0 Å². The fourth-order valence-electron chi connectivity index (χ4n) is 12.6. The lowest BCUT2D eigenvalue weighted by Gasteiger charge is -2.21. The molecule has 3 N–H and O–H groups in total. The van der Waals surface area contributed by atoms with Crippen LogP contribution in [0.1, 0.15) is 421 Å². The molecule has 0 spiro atoms. The number of phosphoric ester groups is 2. The van der Waals surface area contributed by atoms with Gasteiger partial charge in [0.1, 0.15) is 19.3 Å². The molecule has 6 atom stereocenters. The Kier molecular flexibility index (Phi) is 69.6. The summed E-state index contributed by atoms with van der Waals surface area (Å²) in [5.74, 6) is 1.04. The minimum absolute atomic E-state index is 0.107. The fourth-order valence-corrected chi connectivity index (χ4v) is 14.2. The minimum atomic E-state index is -4.96. The predicted molar refractivity (Wildman–Crippen MR) is 414 cm³/mol. The molecule has 101 heavy (non-hydrogen) atoms. The molecule has 17 nitrogen and oxygen atoms in total. The zero-order chi connectivity index (χ0) is 74.6. The molecule has 0 aromatic rings. The van der Waals surface area contributed by atoms with Crippen LogP contribution in [-0.4, -0.2) is 96.7 Å². The van der Waals surface area contributed by atoms with Gasteiger partial charge in [-0.05, 0) is 49.4 Å². The smallest absolute Gasteiger partial charge is 0.462 e. The van der Waals surface area contributed by atoms with Gasteiger partial charge < -0.3 is 33.8 Å². The van der Waals surface area contributed by atoms with E-state index in [2.05, 4.69) is 55.4 Å². The van der Waals surface area contributed by atoms with Gasteiger partial charge in [-0.3, -0.25) is 37.3 Å². The van der Waals surface area contributed by atoms with Crippen LogP contribution in [0.2, 0.25) is 0 Å². The quantitative estimate of drug-likeness (QED) is 0.0222. The average Bonchev–Trinajstić information content (AvgIpc) is 0.994. The SMILES string of the molecule is CCC(C)CCCCCCCCCCC(=O)OC[C@H](COP(=O)(O)OC[C@H](O)COP(=O)(O)OC[C@@H](COC(=O)CCCCCCCCCCCCCCCC(C)C)OC(=O)CCCCCCCCCCCCCCCCC(C)C)OC(=O)CCCCCCCCCCCCCCCC(C)C. The molecule has 0 aromatic carbocycles. The van der Waals surface area contributed by atoms with E-state index in [9.17, 15) is 43.2 Å². The Hall–Kier alpha value is -1.94. The van der Waals surface area contributed by atoms with Crippen molar-refractivity contribution in [2.24, 2.45) is 23.7 Å². The highest BCUT2D eigenvalue weighted by atomic mass is 31.2. The van der Waals surface area contributed by atoms with Crippen molar-refractivity contribution in [3.8, 4) is 0 Å². The molecule has 600 valence electrons. The first-order valence-corrected chi connectivity index (χ1v) is 45.2. The van der Waals surface area contributed by atoms with Gasteiger partial charge >= 0.3 is 39.5 Å². The third kappa shape index (κ3) is 74.7. The Bertz CT molecular complexity index is 1970. The number of unbranched alkanes of at least 4 members (excludes halogenated alkanes) is 44. The lowest BCUT2D eigenvalue weighted by atomic mass is 9.99. The van der Waals surface area contributed by atoms with Crippen molar-refractivity contribution in [1.29, 1.82) is 0 Å². The Balaban J connectivity index is 5.28. The van der Waals surface area contributed by atoms with E-state index < -0.39 is 97.5 Å². The number of rotatable bonds is 79. The Morgan fingerprint density at radius 1 is 0.277 bits per heavy atom. The first-order chi connectivity index (χ1) is 48.6. The second kappa shape index (κ2) is 71.0. The zero-order valence-electron chi connectivity index (χ0n) is 66.5. The molecule has 0 saturated carbocycles. The molecule has 0 bridgehead atoms. The number of carbonyl (C=O) groups excluding carboxylic acids is 4. The van der Waals surface area contributed by atoms with Crippen molar-refractivity contribution in [3.05, 3.63) is 0 Å². The average molecular weight is 1480 g/mol. The summed E-state index contributed by atoms with van der Waals surface area (Å²) in [6, 6.07) is 0. The van der Waals surface area contributed by atoms with Crippen molar-refractivity contribution >= 4 is 39.5 Å². The highest BCUT2D eigenvalue weighted by Crippen LogP contribution is 2.45. The van der Waals surface area contributed by atoms with Crippen LogP contribution in [0.3, 0.4) is 0 Å². The molecule has 0 fully saturated rings. The number of hydrogen-bond donors (Lipinski definition) is 3. The molecular formula is C82H160O17P2. The summed E-state index contributed by atoms with van der Waals surface area (Å²) in [6.07, 6.45) is 58.1. The second-order valence-corrected chi connectivity index (χ2v) is 34.1. The molecule has 0 aliphatic heterocycles. The van der Waals surface area contributed by atoms with Gasteiger partial charge in [-0.2, -0.15) is 0 Å². The van der Waals surface area contributed by atoms with Gasteiger partial charge in [0.15, 0.2) is 12.2 Å².